The normalized spacial score (nSPS) is 13.2. The van der Waals surface area contributed by atoms with Gasteiger partial charge in [0, 0.05) is 10.9 Å². The third kappa shape index (κ3) is 3.94. The number of aryl methyl sites for hydroxylation is 1. The number of ether oxygens (including phenoxy) is 1. The SMILES string of the molecule is COc1ccc(-c2cc(C(=O)NC(C)C(C)C(=O)O)sc2C)cc1. The monoisotopic (exact) mass is 347 g/mol. The van der Waals surface area contributed by atoms with Crippen molar-refractivity contribution in [3.05, 3.63) is 40.1 Å². The molecule has 1 amide bonds. The molecule has 2 aromatic rings. The van der Waals surface area contributed by atoms with Gasteiger partial charge in [0.15, 0.2) is 0 Å². The van der Waals surface area contributed by atoms with Crippen LogP contribution >= 0.6 is 11.3 Å². The number of thiophene rings is 1. The van der Waals surface area contributed by atoms with Crippen molar-refractivity contribution in [1.29, 1.82) is 0 Å². The van der Waals surface area contributed by atoms with Crippen LogP contribution < -0.4 is 10.1 Å². The molecule has 2 unspecified atom stereocenters. The minimum Gasteiger partial charge on any atom is -0.497 e. The maximum Gasteiger partial charge on any atom is 0.308 e. The molecule has 0 radical (unpaired) electrons. The fourth-order valence-electron chi connectivity index (χ4n) is 2.27. The maximum absolute atomic E-state index is 12.4. The Morgan fingerprint density at radius 2 is 1.83 bits per heavy atom. The topological polar surface area (TPSA) is 75.6 Å². The Balaban J connectivity index is 2.18. The summed E-state index contributed by atoms with van der Waals surface area (Å²) in [6.07, 6.45) is 0. The summed E-state index contributed by atoms with van der Waals surface area (Å²) in [5.74, 6) is -1.04. The molecule has 0 fully saturated rings. The lowest BCUT2D eigenvalue weighted by molar-refractivity contribution is -0.141. The molecule has 128 valence electrons. The molecular formula is C18H21NO4S. The van der Waals surface area contributed by atoms with Crippen LogP contribution in [-0.2, 0) is 4.79 Å². The van der Waals surface area contributed by atoms with E-state index in [2.05, 4.69) is 5.32 Å². The maximum atomic E-state index is 12.4. The van der Waals surface area contributed by atoms with Crippen LogP contribution in [-0.4, -0.2) is 30.1 Å². The van der Waals surface area contributed by atoms with Crippen LogP contribution in [0.15, 0.2) is 30.3 Å². The Morgan fingerprint density at radius 3 is 2.38 bits per heavy atom. The summed E-state index contributed by atoms with van der Waals surface area (Å²) in [6, 6.07) is 9.05. The number of methoxy groups -OCH3 is 1. The van der Waals surface area contributed by atoms with Gasteiger partial charge >= 0.3 is 5.97 Å². The van der Waals surface area contributed by atoms with E-state index in [-0.39, 0.29) is 5.91 Å². The first kappa shape index (κ1) is 18.0. The molecule has 24 heavy (non-hydrogen) atoms. The minimum absolute atomic E-state index is 0.247. The van der Waals surface area contributed by atoms with E-state index in [9.17, 15) is 9.59 Å². The Labute approximate surface area is 145 Å². The zero-order valence-electron chi connectivity index (χ0n) is 14.1. The molecule has 2 atom stereocenters. The zero-order chi connectivity index (χ0) is 17.9. The number of benzene rings is 1. The zero-order valence-corrected chi connectivity index (χ0v) is 14.9. The molecule has 0 aliphatic carbocycles. The van der Waals surface area contributed by atoms with Crippen molar-refractivity contribution >= 4 is 23.2 Å². The molecule has 5 nitrogen and oxygen atoms in total. The Bertz CT molecular complexity index is 736. The molecule has 0 aliphatic rings. The van der Waals surface area contributed by atoms with Crippen molar-refractivity contribution in [3.63, 3.8) is 0 Å². The summed E-state index contributed by atoms with van der Waals surface area (Å²) in [6.45, 7) is 5.24. The van der Waals surface area contributed by atoms with Gasteiger partial charge in [-0.05, 0) is 50.1 Å². The third-order valence-corrected chi connectivity index (χ3v) is 5.09. The van der Waals surface area contributed by atoms with Crippen LogP contribution in [0.1, 0.15) is 28.4 Å². The number of aliphatic carboxylic acids is 1. The fourth-order valence-corrected chi connectivity index (χ4v) is 3.21. The summed E-state index contributed by atoms with van der Waals surface area (Å²) >= 11 is 1.40. The first-order valence-corrected chi connectivity index (χ1v) is 8.43. The van der Waals surface area contributed by atoms with Crippen LogP contribution in [0.25, 0.3) is 11.1 Å². The highest BCUT2D eigenvalue weighted by Gasteiger charge is 2.22. The van der Waals surface area contributed by atoms with Gasteiger partial charge in [-0.3, -0.25) is 9.59 Å². The van der Waals surface area contributed by atoms with Gasteiger partial charge in [-0.25, -0.2) is 0 Å². The Morgan fingerprint density at radius 1 is 1.21 bits per heavy atom. The second-order valence-corrected chi connectivity index (χ2v) is 6.95. The van der Waals surface area contributed by atoms with E-state index >= 15 is 0 Å². The summed E-state index contributed by atoms with van der Waals surface area (Å²) in [7, 11) is 1.62. The lowest BCUT2D eigenvalue weighted by Gasteiger charge is -2.17. The number of carboxylic acid groups (broad SMARTS) is 1. The van der Waals surface area contributed by atoms with Crippen molar-refractivity contribution in [2.24, 2.45) is 5.92 Å². The highest BCUT2D eigenvalue weighted by molar-refractivity contribution is 7.14. The van der Waals surface area contributed by atoms with E-state index in [0.717, 1.165) is 21.8 Å². The number of carbonyl (C=O) groups excluding carboxylic acids is 1. The summed E-state index contributed by atoms with van der Waals surface area (Å²) in [5.41, 5.74) is 2.00. The molecular weight excluding hydrogens is 326 g/mol. The molecule has 2 N–H and O–H groups in total. The van der Waals surface area contributed by atoms with Crippen LogP contribution in [0.2, 0.25) is 0 Å². The molecule has 2 rings (SSSR count). The number of rotatable bonds is 6. The molecule has 0 saturated carbocycles. The average Bonchev–Trinajstić information content (AvgIpc) is 2.96. The summed E-state index contributed by atoms with van der Waals surface area (Å²) < 4.78 is 5.15. The van der Waals surface area contributed by atoms with Crippen molar-refractivity contribution in [2.45, 2.75) is 26.8 Å². The van der Waals surface area contributed by atoms with Crippen LogP contribution in [0.5, 0.6) is 5.75 Å². The Kier molecular flexibility index (Phi) is 5.62. The van der Waals surface area contributed by atoms with E-state index in [1.54, 1.807) is 21.0 Å². The third-order valence-electron chi connectivity index (χ3n) is 4.04. The van der Waals surface area contributed by atoms with Crippen LogP contribution in [0, 0.1) is 12.8 Å². The van der Waals surface area contributed by atoms with Crippen LogP contribution in [0.3, 0.4) is 0 Å². The molecule has 1 aromatic heterocycles. The predicted molar refractivity (Wildman–Crippen MR) is 94.8 cm³/mol. The lowest BCUT2D eigenvalue weighted by atomic mass is 10.0. The lowest BCUT2D eigenvalue weighted by Crippen LogP contribution is -2.39. The fraction of sp³-hybridized carbons (Fsp3) is 0.333. The van der Waals surface area contributed by atoms with E-state index in [1.165, 1.54) is 11.3 Å². The van der Waals surface area contributed by atoms with Crippen LogP contribution in [0.4, 0.5) is 0 Å². The quantitative estimate of drug-likeness (QED) is 0.837. The molecule has 6 heteroatoms. The molecule has 1 aromatic carbocycles. The molecule has 0 spiro atoms. The van der Waals surface area contributed by atoms with Gasteiger partial charge in [-0.15, -0.1) is 11.3 Å². The van der Waals surface area contributed by atoms with Gasteiger partial charge in [0.2, 0.25) is 0 Å². The summed E-state index contributed by atoms with van der Waals surface area (Å²) in [5, 5.41) is 11.8. The number of hydrogen-bond acceptors (Lipinski definition) is 4. The number of carboxylic acids is 1. The second-order valence-electron chi connectivity index (χ2n) is 5.70. The first-order valence-electron chi connectivity index (χ1n) is 7.62. The van der Waals surface area contributed by atoms with Gasteiger partial charge in [-0.2, -0.15) is 0 Å². The number of carbonyl (C=O) groups is 2. The van der Waals surface area contributed by atoms with Gasteiger partial charge < -0.3 is 15.2 Å². The highest BCUT2D eigenvalue weighted by atomic mass is 32.1. The van der Waals surface area contributed by atoms with E-state index in [4.69, 9.17) is 9.84 Å². The van der Waals surface area contributed by atoms with E-state index in [1.807, 2.05) is 37.3 Å². The van der Waals surface area contributed by atoms with Crippen molar-refractivity contribution < 1.29 is 19.4 Å². The minimum atomic E-state index is -0.927. The predicted octanol–water partition coefficient (Wildman–Crippen LogP) is 3.57. The van der Waals surface area contributed by atoms with Gasteiger partial charge in [0.1, 0.15) is 5.75 Å². The van der Waals surface area contributed by atoms with Gasteiger partial charge in [-0.1, -0.05) is 12.1 Å². The standard InChI is InChI=1S/C18H21NO4S/c1-10(18(21)22)11(2)19-17(20)16-9-15(12(3)24-16)13-5-7-14(23-4)8-6-13/h5-11H,1-4H3,(H,19,20)(H,21,22). The van der Waals surface area contributed by atoms with Crippen molar-refractivity contribution in [3.8, 4) is 16.9 Å². The van der Waals surface area contributed by atoms with Crippen molar-refractivity contribution in [1.82, 2.24) is 5.32 Å². The molecule has 1 heterocycles. The average molecular weight is 347 g/mol. The largest absolute Gasteiger partial charge is 0.497 e. The molecule has 0 bridgehead atoms. The highest BCUT2D eigenvalue weighted by Crippen LogP contribution is 2.32. The van der Waals surface area contributed by atoms with E-state index < -0.39 is 17.9 Å². The number of hydrogen-bond donors (Lipinski definition) is 2. The second kappa shape index (κ2) is 7.49. The Hall–Kier alpha value is -2.34. The summed E-state index contributed by atoms with van der Waals surface area (Å²) in [4.78, 5) is 25.0. The number of nitrogens with one attached hydrogen (secondary N) is 1. The number of amides is 1. The van der Waals surface area contributed by atoms with Gasteiger partial charge in [0.25, 0.3) is 5.91 Å². The van der Waals surface area contributed by atoms with E-state index in [0.29, 0.717) is 4.88 Å². The molecule has 0 aliphatic heterocycles. The van der Waals surface area contributed by atoms with Crippen molar-refractivity contribution in [2.75, 3.05) is 7.11 Å². The smallest absolute Gasteiger partial charge is 0.308 e. The molecule has 0 saturated heterocycles. The first-order chi connectivity index (χ1) is 11.3. The van der Waals surface area contributed by atoms with Gasteiger partial charge in [0.05, 0.1) is 17.9 Å².